The molecule has 3 unspecified atom stereocenters. The maximum atomic E-state index is 13.6. The van der Waals surface area contributed by atoms with E-state index in [1.807, 2.05) is 6.92 Å². The van der Waals surface area contributed by atoms with Crippen molar-refractivity contribution in [1.82, 2.24) is 0 Å². The summed E-state index contributed by atoms with van der Waals surface area (Å²) in [5.74, 6) is -3.49. The Hall–Kier alpha value is -2.05. The highest BCUT2D eigenvalue weighted by molar-refractivity contribution is 7.93. The van der Waals surface area contributed by atoms with Crippen LogP contribution < -0.4 is 4.72 Å². The third kappa shape index (κ3) is 4.90. The van der Waals surface area contributed by atoms with Crippen molar-refractivity contribution in [2.24, 2.45) is 0 Å². The number of sulfonamides is 1. The maximum absolute atomic E-state index is 13.6. The lowest BCUT2D eigenvalue weighted by molar-refractivity contribution is -0.153. The van der Waals surface area contributed by atoms with Crippen LogP contribution in [-0.2, 0) is 30.7 Å². The molecule has 2 aliphatic rings. The molecule has 1 aromatic carbocycles. The second-order valence-corrected chi connectivity index (χ2v) is 9.48. The number of hydrogen-bond acceptors (Lipinski definition) is 7. The van der Waals surface area contributed by atoms with Crippen LogP contribution in [0.4, 0.5) is 10.1 Å². The minimum atomic E-state index is -4.20. The molecule has 11 heteroatoms. The fourth-order valence-electron chi connectivity index (χ4n) is 3.96. The molecular weight excluding hydrogens is 433 g/mol. The SMILES string of the molecule is CCCc1cc(F)ccc1NS(=O)(=O)C1CCC2(C=C1C(=O)O)OC(CO)C(CO)O2. The van der Waals surface area contributed by atoms with Crippen LogP contribution in [0.2, 0.25) is 0 Å². The Morgan fingerprint density at radius 1 is 1.26 bits per heavy atom. The standard InChI is InChI=1S/C20H26FNO8S/c1-2-3-12-8-13(21)4-5-15(12)22-31(27,28)18-6-7-20(9-14(18)19(25)26)29-16(10-23)17(11-24)30-20/h4-5,8-9,16-18,22-24H,2-3,6-7,10-11H2,1H3,(H,25,26). The van der Waals surface area contributed by atoms with E-state index in [0.29, 0.717) is 18.4 Å². The second-order valence-electron chi connectivity index (χ2n) is 7.62. The minimum Gasteiger partial charge on any atom is -0.478 e. The van der Waals surface area contributed by atoms with Gasteiger partial charge in [0.1, 0.15) is 23.3 Å². The van der Waals surface area contributed by atoms with Crippen molar-refractivity contribution in [3.8, 4) is 0 Å². The van der Waals surface area contributed by atoms with E-state index in [1.54, 1.807) is 0 Å². The van der Waals surface area contributed by atoms with E-state index in [2.05, 4.69) is 4.72 Å². The number of carbonyl (C=O) groups is 1. The molecule has 9 nitrogen and oxygen atoms in total. The van der Waals surface area contributed by atoms with Crippen molar-refractivity contribution in [3.05, 3.63) is 41.2 Å². The van der Waals surface area contributed by atoms with Gasteiger partial charge in [-0.3, -0.25) is 4.72 Å². The molecule has 1 saturated heterocycles. The molecule has 1 aromatic rings. The van der Waals surface area contributed by atoms with Gasteiger partial charge in [0.25, 0.3) is 0 Å². The van der Waals surface area contributed by atoms with E-state index >= 15 is 0 Å². The van der Waals surface area contributed by atoms with Gasteiger partial charge in [-0.25, -0.2) is 17.6 Å². The van der Waals surface area contributed by atoms with Crippen LogP contribution in [0.5, 0.6) is 0 Å². The number of benzene rings is 1. The van der Waals surface area contributed by atoms with Gasteiger partial charge in [0, 0.05) is 6.42 Å². The first kappa shape index (κ1) is 23.6. The lowest BCUT2D eigenvalue weighted by Crippen LogP contribution is -2.42. The molecule has 0 bridgehead atoms. The number of rotatable bonds is 8. The fourth-order valence-corrected chi connectivity index (χ4v) is 5.54. The molecule has 0 saturated carbocycles. The summed E-state index contributed by atoms with van der Waals surface area (Å²) >= 11 is 0. The topological polar surface area (TPSA) is 142 Å². The Bertz CT molecular complexity index is 952. The number of carboxylic acids is 1. The molecule has 1 aliphatic heterocycles. The maximum Gasteiger partial charge on any atom is 0.332 e. The number of ether oxygens (including phenoxy) is 2. The molecule has 0 amide bonds. The molecule has 0 aromatic heterocycles. The van der Waals surface area contributed by atoms with E-state index in [0.717, 1.165) is 12.1 Å². The first-order chi connectivity index (χ1) is 14.6. The number of nitrogens with one attached hydrogen (secondary N) is 1. The summed E-state index contributed by atoms with van der Waals surface area (Å²) in [5, 5.41) is 27.1. The highest BCUT2D eigenvalue weighted by Crippen LogP contribution is 2.41. The van der Waals surface area contributed by atoms with Crippen LogP contribution in [0.25, 0.3) is 0 Å². The number of aliphatic hydroxyl groups is 2. The normalized spacial score (nSPS) is 28.5. The van der Waals surface area contributed by atoms with Gasteiger partial charge < -0.3 is 24.8 Å². The first-order valence-corrected chi connectivity index (χ1v) is 11.5. The highest BCUT2D eigenvalue weighted by atomic mass is 32.2. The zero-order chi connectivity index (χ0) is 22.8. The van der Waals surface area contributed by atoms with Crippen LogP contribution in [0.3, 0.4) is 0 Å². The molecule has 1 spiro atoms. The molecule has 1 aliphatic carbocycles. The molecule has 4 N–H and O–H groups in total. The number of hydrogen-bond donors (Lipinski definition) is 4. The third-order valence-corrected chi connectivity index (χ3v) is 7.16. The number of carboxylic acid groups (broad SMARTS) is 1. The quantitative estimate of drug-likeness (QED) is 0.454. The van der Waals surface area contributed by atoms with E-state index in [1.165, 1.54) is 12.1 Å². The van der Waals surface area contributed by atoms with E-state index in [9.17, 15) is 32.9 Å². The lowest BCUT2D eigenvalue weighted by Gasteiger charge is -2.33. The van der Waals surface area contributed by atoms with Crippen molar-refractivity contribution in [2.45, 2.75) is 55.9 Å². The number of aliphatic hydroxyl groups excluding tert-OH is 2. The van der Waals surface area contributed by atoms with Crippen LogP contribution in [0.15, 0.2) is 29.8 Å². The molecule has 1 fully saturated rings. The zero-order valence-electron chi connectivity index (χ0n) is 17.0. The summed E-state index contributed by atoms with van der Waals surface area (Å²) in [6, 6.07) is 3.69. The first-order valence-electron chi connectivity index (χ1n) is 9.98. The van der Waals surface area contributed by atoms with Gasteiger partial charge in [-0.15, -0.1) is 0 Å². The summed E-state index contributed by atoms with van der Waals surface area (Å²) in [5.41, 5.74) is 0.230. The van der Waals surface area contributed by atoms with E-state index in [4.69, 9.17) is 9.47 Å². The molecule has 31 heavy (non-hydrogen) atoms. The van der Waals surface area contributed by atoms with Gasteiger partial charge in [-0.1, -0.05) is 13.3 Å². The number of aryl methyl sites for hydroxylation is 1. The summed E-state index contributed by atoms with van der Waals surface area (Å²) in [4.78, 5) is 11.9. The lowest BCUT2D eigenvalue weighted by atomic mass is 9.94. The smallest absolute Gasteiger partial charge is 0.332 e. The third-order valence-electron chi connectivity index (χ3n) is 5.41. The van der Waals surface area contributed by atoms with Crippen LogP contribution >= 0.6 is 0 Å². The summed E-state index contributed by atoms with van der Waals surface area (Å²) in [6.45, 7) is 0.977. The van der Waals surface area contributed by atoms with Gasteiger partial charge in [-0.2, -0.15) is 0 Å². The Kier molecular flexibility index (Phi) is 7.01. The molecule has 3 rings (SSSR count). The number of aliphatic carboxylic acids is 1. The largest absolute Gasteiger partial charge is 0.478 e. The van der Waals surface area contributed by atoms with Gasteiger partial charge in [0.05, 0.1) is 24.5 Å². The predicted molar refractivity (Wildman–Crippen MR) is 108 cm³/mol. The average Bonchev–Trinajstić information content (AvgIpc) is 3.07. The van der Waals surface area contributed by atoms with Gasteiger partial charge in [0.15, 0.2) is 5.79 Å². The van der Waals surface area contributed by atoms with E-state index in [-0.39, 0.29) is 18.5 Å². The van der Waals surface area contributed by atoms with Gasteiger partial charge >= 0.3 is 5.97 Å². The molecule has 0 radical (unpaired) electrons. The summed E-state index contributed by atoms with van der Waals surface area (Å²) in [6.07, 6.45) is 0.353. The second kappa shape index (κ2) is 9.21. The Morgan fingerprint density at radius 2 is 1.90 bits per heavy atom. The van der Waals surface area contributed by atoms with E-state index < -0.39 is 63.8 Å². The zero-order valence-corrected chi connectivity index (χ0v) is 17.8. The average molecular weight is 459 g/mol. The highest BCUT2D eigenvalue weighted by Gasteiger charge is 2.51. The summed E-state index contributed by atoms with van der Waals surface area (Å²) < 4.78 is 53.4. The number of anilines is 1. The Labute approximate surface area is 179 Å². The predicted octanol–water partition coefficient (Wildman–Crippen LogP) is 1.16. The van der Waals surface area contributed by atoms with Gasteiger partial charge in [0.2, 0.25) is 10.0 Å². The summed E-state index contributed by atoms with van der Waals surface area (Å²) in [7, 11) is -4.20. The van der Waals surface area contributed by atoms with Crippen LogP contribution in [0, 0.1) is 5.82 Å². The van der Waals surface area contributed by atoms with Crippen molar-refractivity contribution >= 4 is 21.7 Å². The van der Waals surface area contributed by atoms with Crippen molar-refractivity contribution in [2.75, 3.05) is 17.9 Å². The Morgan fingerprint density at radius 3 is 2.45 bits per heavy atom. The monoisotopic (exact) mass is 459 g/mol. The molecule has 1 heterocycles. The van der Waals surface area contributed by atoms with Crippen molar-refractivity contribution < 1.29 is 42.4 Å². The molecular formula is C20H26FNO8S. The van der Waals surface area contributed by atoms with Crippen molar-refractivity contribution in [1.29, 1.82) is 0 Å². The van der Waals surface area contributed by atoms with Crippen molar-refractivity contribution in [3.63, 3.8) is 0 Å². The van der Waals surface area contributed by atoms with Crippen LogP contribution in [-0.4, -0.2) is 66.2 Å². The molecule has 172 valence electrons. The number of halogens is 1. The van der Waals surface area contributed by atoms with Gasteiger partial charge in [-0.05, 0) is 42.7 Å². The fraction of sp³-hybridized carbons (Fsp3) is 0.550. The van der Waals surface area contributed by atoms with Crippen LogP contribution in [0.1, 0.15) is 31.7 Å². The Balaban J connectivity index is 1.91. The molecule has 3 atom stereocenters. The minimum absolute atomic E-state index is 0.00753.